The fourth-order valence-electron chi connectivity index (χ4n) is 1.56. The summed E-state index contributed by atoms with van der Waals surface area (Å²) in [5.74, 6) is 1.48. The lowest BCUT2D eigenvalue weighted by Crippen LogP contribution is -2.04. The Bertz CT molecular complexity index is 524. The van der Waals surface area contributed by atoms with Gasteiger partial charge in [0.1, 0.15) is 0 Å². The van der Waals surface area contributed by atoms with Crippen LogP contribution in [0.25, 0.3) is 11.0 Å². The van der Waals surface area contributed by atoms with Crippen molar-refractivity contribution in [3.05, 3.63) is 22.2 Å². The molecular formula is C10H11Cl2N3S. The molecule has 0 amide bonds. The lowest BCUT2D eigenvalue weighted by molar-refractivity contribution is 0.810. The third-order valence-corrected chi connectivity index (χ3v) is 3.65. The number of nitrogens with two attached hydrogens (primary N) is 1. The number of thioether (sulfide) groups is 1. The van der Waals surface area contributed by atoms with Gasteiger partial charge in [-0.1, -0.05) is 23.2 Å². The first kappa shape index (κ1) is 11.9. The molecule has 0 aliphatic heterocycles. The molecule has 86 valence electrons. The number of imidazole rings is 1. The van der Waals surface area contributed by atoms with E-state index >= 15 is 0 Å². The topological polar surface area (TPSA) is 43.8 Å². The highest BCUT2D eigenvalue weighted by Crippen LogP contribution is 2.29. The van der Waals surface area contributed by atoms with Crippen LogP contribution in [-0.4, -0.2) is 21.6 Å². The van der Waals surface area contributed by atoms with Gasteiger partial charge in [-0.3, -0.25) is 0 Å². The molecule has 2 aromatic rings. The van der Waals surface area contributed by atoms with Gasteiger partial charge in [0, 0.05) is 12.3 Å². The van der Waals surface area contributed by atoms with Gasteiger partial charge in [0.2, 0.25) is 5.95 Å². The summed E-state index contributed by atoms with van der Waals surface area (Å²) in [4.78, 5) is 4.26. The van der Waals surface area contributed by atoms with Crippen molar-refractivity contribution in [1.29, 1.82) is 0 Å². The van der Waals surface area contributed by atoms with Gasteiger partial charge >= 0.3 is 0 Å². The molecular weight excluding hydrogens is 265 g/mol. The van der Waals surface area contributed by atoms with Crippen LogP contribution < -0.4 is 5.73 Å². The zero-order valence-corrected chi connectivity index (χ0v) is 11.0. The van der Waals surface area contributed by atoms with Crippen LogP contribution in [0, 0.1) is 0 Å². The fraction of sp³-hybridized carbons (Fsp3) is 0.300. The first-order valence-corrected chi connectivity index (χ1v) is 6.88. The van der Waals surface area contributed by atoms with Crippen molar-refractivity contribution in [3.8, 4) is 0 Å². The molecule has 1 aromatic carbocycles. The number of fused-ring (bicyclic) bond motifs is 1. The fourth-order valence-corrected chi connectivity index (χ4v) is 2.24. The van der Waals surface area contributed by atoms with E-state index in [4.69, 9.17) is 28.9 Å². The molecule has 0 aliphatic rings. The number of aromatic nitrogens is 2. The smallest absolute Gasteiger partial charge is 0.201 e. The maximum Gasteiger partial charge on any atom is 0.201 e. The van der Waals surface area contributed by atoms with Gasteiger partial charge in [-0.15, -0.1) is 0 Å². The molecule has 0 bridgehead atoms. The number of aryl methyl sites for hydroxylation is 1. The van der Waals surface area contributed by atoms with E-state index in [0.717, 1.165) is 23.3 Å². The molecule has 3 nitrogen and oxygen atoms in total. The Morgan fingerprint density at radius 1 is 1.38 bits per heavy atom. The van der Waals surface area contributed by atoms with Crippen LogP contribution in [0.2, 0.25) is 10.0 Å². The Labute approximate surface area is 108 Å². The van der Waals surface area contributed by atoms with Crippen LogP contribution in [0.1, 0.15) is 0 Å². The minimum atomic E-state index is 0.502. The predicted octanol–water partition coefficient (Wildman–Crippen LogP) is 3.29. The molecule has 0 atom stereocenters. The molecule has 0 radical (unpaired) electrons. The number of nitrogen functional groups attached to an aromatic ring is 1. The van der Waals surface area contributed by atoms with Crippen molar-refractivity contribution < 1.29 is 0 Å². The summed E-state index contributed by atoms with van der Waals surface area (Å²) in [5.41, 5.74) is 7.57. The molecule has 0 unspecified atom stereocenters. The van der Waals surface area contributed by atoms with Gasteiger partial charge in [-0.2, -0.15) is 11.8 Å². The molecule has 0 aliphatic carbocycles. The van der Waals surface area contributed by atoms with Gasteiger partial charge in [0.05, 0.1) is 21.1 Å². The van der Waals surface area contributed by atoms with E-state index in [2.05, 4.69) is 11.2 Å². The average molecular weight is 276 g/mol. The van der Waals surface area contributed by atoms with Crippen LogP contribution in [0.3, 0.4) is 0 Å². The van der Waals surface area contributed by atoms with Crippen molar-refractivity contribution >= 4 is 51.9 Å². The molecule has 0 saturated carbocycles. The van der Waals surface area contributed by atoms with E-state index in [-0.39, 0.29) is 0 Å². The molecule has 6 heteroatoms. The Morgan fingerprint density at radius 3 is 2.75 bits per heavy atom. The summed E-state index contributed by atoms with van der Waals surface area (Å²) in [5, 5.41) is 1.03. The van der Waals surface area contributed by atoms with E-state index in [9.17, 15) is 0 Å². The van der Waals surface area contributed by atoms with Gasteiger partial charge in [-0.05, 0) is 18.4 Å². The highest BCUT2D eigenvalue weighted by atomic mass is 35.5. The number of hydrogen-bond acceptors (Lipinski definition) is 3. The summed E-state index contributed by atoms with van der Waals surface area (Å²) in [6.45, 7) is 0.821. The number of halogens is 2. The second-order valence-corrected chi connectivity index (χ2v) is 5.17. The van der Waals surface area contributed by atoms with Crippen molar-refractivity contribution in [2.45, 2.75) is 6.54 Å². The van der Waals surface area contributed by atoms with Crippen molar-refractivity contribution in [1.82, 2.24) is 9.55 Å². The lowest BCUT2D eigenvalue weighted by Gasteiger charge is -2.05. The molecule has 1 heterocycles. The lowest BCUT2D eigenvalue weighted by atomic mass is 10.3. The summed E-state index contributed by atoms with van der Waals surface area (Å²) in [6, 6.07) is 3.55. The van der Waals surface area contributed by atoms with Crippen molar-refractivity contribution in [2.75, 3.05) is 17.7 Å². The second-order valence-electron chi connectivity index (χ2n) is 3.37. The molecule has 0 saturated heterocycles. The van der Waals surface area contributed by atoms with Gasteiger partial charge in [-0.25, -0.2) is 4.98 Å². The first-order chi connectivity index (χ1) is 7.63. The number of hydrogen-bond donors (Lipinski definition) is 1. The van der Waals surface area contributed by atoms with E-state index in [1.807, 2.05) is 10.6 Å². The van der Waals surface area contributed by atoms with Crippen LogP contribution in [0.5, 0.6) is 0 Å². The number of benzene rings is 1. The van der Waals surface area contributed by atoms with E-state index in [0.29, 0.717) is 16.0 Å². The zero-order valence-electron chi connectivity index (χ0n) is 8.70. The molecule has 16 heavy (non-hydrogen) atoms. The summed E-state index contributed by atoms with van der Waals surface area (Å²) < 4.78 is 1.95. The minimum absolute atomic E-state index is 0.502. The Morgan fingerprint density at radius 2 is 2.06 bits per heavy atom. The highest BCUT2D eigenvalue weighted by Gasteiger charge is 2.10. The number of rotatable bonds is 3. The second kappa shape index (κ2) is 4.73. The molecule has 0 spiro atoms. The Kier molecular flexibility index (Phi) is 3.52. The van der Waals surface area contributed by atoms with Gasteiger partial charge in [0.25, 0.3) is 0 Å². The Balaban J connectivity index is 2.55. The highest BCUT2D eigenvalue weighted by molar-refractivity contribution is 7.98. The Hall–Kier alpha value is -0.580. The third kappa shape index (κ3) is 2.10. The quantitative estimate of drug-likeness (QED) is 0.935. The van der Waals surface area contributed by atoms with Crippen LogP contribution in [0.15, 0.2) is 12.1 Å². The molecule has 0 fully saturated rings. The van der Waals surface area contributed by atoms with Crippen molar-refractivity contribution in [2.24, 2.45) is 0 Å². The summed E-state index contributed by atoms with van der Waals surface area (Å²) in [6.07, 6.45) is 2.05. The monoisotopic (exact) mass is 275 g/mol. The summed E-state index contributed by atoms with van der Waals surface area (Å²) in [7, 11) is 0. The summed E-state index contributed by atoms with van der Waals surface area (Å²) >= 11 is 13.7. The van der Waals surface area contributed by atoms with E-state index < -0.39 is 0 Å². The number of nitrogens with zero attached hydrogens (tertiary/aromatic N) is 2. The first-order valence-electron chi connectivity index (χ1n) is 4.73. The molecule has 2 N–H and O–H groups in total. The molecule has 1 aromatic heterocycles. The molecule has 2 rings (SSSR count). The van der Waals surface area contributed by atoms with Crippen LogP contribution in [-0.2, 0) is 6.54 Å². The van der Waals surface area contributed by atoms with E-state index in [1.165, 1.54) is 0 Å². The standard InChI is InChI=1S/C10H11Cl2N3S/c1-16-3-2-15-9-5-7(12)6(11)4-8(9)14-10(15)13/h4-5H,2-3H2,1H3,(H2,13,14). The van der Waals surface area contributed by atoms with Crippen molar-refractivity contribution in [3.63, 3.8) is 0 Å². The maximum absolute atomic E-state index is 5.98. The minimum Gasteiger partial charge on any atom is -0.369 e. The van der Waals surface area contributed by atoms with Crippen LogP contribution in [0.4, 0.5) is 5.95 Å². The van der Waals surface area contributed by atoms with E-state index in [1.54, 1.807) is 17.8 Å². The largest absolute Gasteiger partial charge is 0.369 e. The SMILES string of the molecule is CSCCn1c(N)nc2cc(Cl)c(Cl)cc21. The predicted molar refractivity (Wildman–Crippen MR) is 72.5 cm³/mol. The average Bonchev–Trinajstić information content (AvgIpc) is 2.52. The van der Waals surface area contributed by atoms with Crippen LogP contribution >= 0.6 is 35.0 Å². The maximum atomic E-state index is 5.98. The zero-order chi connectivity index (χ0) is 11.7. The van der Waals surface area contributed by atoms with Gasteiger partial charge < -0.3 is 10.3 Å². The normalized spacial score (nSPS) is 11.2. The third-order valence-electron chi connectivity index (χ3n) is 2.34. The van der Waals surface area contributed by atoms with Gasteiger partial charge in [0.15, 0.2) is 0 Å². The number of anilines is 1.